The summed E-state index contributed by atoms with van der Waals surface area (Å²) in [6.07, 6.45) is 8.18. The molecule has 1 nitrogen and oxygen atoms in total. The Bertz CT molecular complexity index is 668. The van der Waals surface area contributed by atoms with Crippen molar-refractivity contribution in [2.24, 2.45) is 0 Å². The van der Waals surface area contributed by atoms with Crippen LogP contribution in [-0.2, 0) is 0 Å². The molecule has 2 aromatic carbocycles. The number of rotatable bonds is 3. The van der Waals surface area contributed by atoms with Gasteiger partial charge < -0.3 is 4.74 Å². The van der Waals surface area contributed by atoms with Gasteiger partial charge in [0.2, 0.25) is 0 Å². The van der Waals surface area contributed by atoms with Gasteiger partial charge in [0, 0.05) is 4.91 Å². The minimum atomic E-state index is 0.609. The molecule has 1 aliphatic heterocycles. The highest BCUT2D eigenvalue weighted by atomic mass is 32.2. The maximum absolute atomic E-state index is 5.85. The van der Waals surface area contributed by atoms with Crippen molar-refractivity contribution in [3.05, 3.63) is 77.1 Å². The molecule has 0 saturated carbocycles. The molecule has 0 spiro atoms. The van der Waals surface area contributed by atoms with Crippen LogP contribution in [0.15, 0.2) is 77.1 Å². The van der Waals surface area contributed by atoms with Gasteiger partial charge in [0.1, 0.15) is 12.4 Å². The molecule has 2 aromatic rings. The Balaban J connectivity index is 1.73. The topological polar surface area (TPSA) is 9.23 Å². The smallest absolute Gasteiger partial charge is 0.120 e. The van der Waals surface area contributed by atoms with Crippen LogP contribution in [-0.4, -0.2) is 6.61 Å². The average Bonchev–Trinajstić information content (AvgIpc) is 2.73. The highest BCUT2D eigenvalue weighted by Crippen LogP contribution is 2.24. The third-order valence-corrected chi connectivity index (χ3v) is 3.75. The van der Waals surface area contributed by atoms with Crippen LogP contribution < -0.4 is 4.74 Å². The number of hydrogen-bond acceptors (Lipinski definition) is 2. The molecule has 0 N–H and O–H groups in total. The monoisotopic (exact) mass is 266 g/mol. The van der Waals surface area contributed by atoms with E-state index in [9.17, 15) is 0 Å². The predicted octanol–water partition coefficient (Wildman–Crippen LogP) is 4.92. The van der Waals surface area contributed by atoms with E-state index in [1.807, 2.05) is 30.4 Å². The third kappa shape index (κ3) is 3.09. The summed E-state index contributed by atoms with van der Waals surface area (Å²) < 4.78 is 5.85. The minimum Gasteiger partial charge on any atom is -0.488 e. The summed E-state index contributed by atoms with van der Waals surface area (Å²) >= 11 is 1.70. The first-order valence-electron chi connectivity index (χ1n) is 6.22. The molecule has 0 atom stereocenters. The minimum absolute atomic E-state index is 0.609. The number of thioether (sulfide) groups is 1. The van der Waals surface area contributed by atoms with Crippen molar-refractivity contribution in [3.63, 3.8) is 0 Å². The lowest BCUT2D eigenvalue weighted by Gasteiger charge is -2.08. The fourth-order valence-corrected chi connectivity index (χ4v) is 2.56. The second-order valence-corrected chi connectivity index (χ2v) is 5.29. The first kappa shape index (κ1) is 12.1. The van der Waals surface area contributed by atoms with Gasteiger partial charge in [-0.2, -0.15) is 0 Å². The van der Waals surface area contributed by atoms with Gasteiger partial charge in [0.25, 0.3) is 0 Å². The SMILES string of the molecule is C1=CC=C(COc2ccc3ccccc3c2)SC=C1. The maximum atomic E-state index is 5.85. The van der Waals surface area contributed by atoms with E-state index in [0.717, 1.165) is 5.75 Å². The van der Waals surface area contributed by atoms with Crippen LogP contribution in [0.5, 0.6) is 5.75 Å². The summed E-state index contributed by atoms with van der Waals surface area (Å²) in [6.45, 7) is 0.609. The fourth-order valence-electron chi connectivity index (χ4n) is 1.93. The number of ether oxygens (including phenoxy) is 1. The van der Waals surface area contributed by atoms with Crippen LogP contribution in [0.2, 0.25) is 0 Å². The molecule has 0 unspecified atom stereocenters. The first-order valence-corrected chi connectivity index (χ1v) is 7.10. The lowest BCUT2D eigenvalue weighted by atomic mass is 10.1. The molecule has 2 heteroatoms. The lowest BCUT2D eigenvalue weighted by Crippen LogP contribution is -1.98. The summed E-state index contributed by atoms with van der Waals surface area (Å²) in [7, 11) is 0. The van der Waals surface area contributed by atoms with E-state index in [2.05, 4.69) is 41.8 Å². The first-order chi connectivity index (χ1) is 9.42. The van der Waals surface area contributed by atoms with Crippen molar-refractivity contribution in [2.45, 2.75) is 0 Å². The number of hydrogen-bond donors (Lipinski definition) is 0. The summed E-state index contributed by atoms with van der Waals surface area (Å²) in [6, 6.07) is 14.5. The largest absolute Gasteiger partial charge is 0.488 e. The lowest BCUT2D eigenvalue weighted by molar-refractivity contribution is 0.360. The molecule has 0 fully saturated rings. The Morgan fingerprint density at radius 1 is 0.895 bits per heavy atom. The van der Waals surface area contributed by atoms with E-state index < -0.39 is 0 Å². The Kier molecular flexibility index (Phi) is 3.70. The second-order valence-electron chi connectivity index (χ2n) is 4.26. The quantitative estimate of drug-likeness (QED) is 0.780. The van der Waals surface area contributed by atoms with E-state index in [0.29, 0.717) is 6.61 Å². The molecule has 0 saturated heterocycles. The molecule has 3 rings (SSSR count). The van der Waals surface area contributed by atoms with Crippen LogP contribution in [0.4, 0.5) is 0 Å². The van der Waals surface area contributed by atoms with Crippen LogP contribution in [0.25, 0.3) is 10.8 Å². The summed E-state index contributed by atoms with van der Waals surface area (Å²) in [4.78, 5) is 1.21. The normalized spacial score (nSPS) is 14.2. The van der Waals surface area contributed by atoms with E-state index in [1.165, 1.54) is 15.7 Å². The van der Waals surface area contributed by atoms with Gasteiger partial charge in [-0.05, 0) is 34.4 Å². The number of fused-ring (bicyclic) bond motifs is 1. The Morgan fingerprint density at radius 2 is 1.79 bits per heavy atom. The molecular formula is C17H14OS. The summed E-state index contributed by atoms with van der Waals surface area (Å²) in [5, 5.41) is 4.52. The van der Waals surface area contributed by atoms with Crippen molar-refractivity contribution in [2.75, 3.05) is 6.61 Å². The zero-order chi connectivity index (χ0) is 12.9. The van der Waals surface area contributed by atoms with E-state index in [4.69, 9.17) is 4.74 Å². The van der Waals surface area contributed by atoms with Gasteiger partial charge in [-0.25, -0.2) is 0 Å². The Labute approximate surface area is 117 Å². The summed E-state index contributed by atoms with van der Waals surface area (Å²) in [5.74, 6) is 0.914. The molecule has 1 aliphatic rings. The standard InChI is InChI=1S/C17H14OS/c1-2-8-17(19-11-5-1)13-18-16-10-9-14-6-3-4-7-15(14)12-16/h1-12H,13H2. The van der Waals surface area contributed by atoms with Gasteiger partial charge >= 0.3 is 0 Å². The van der Waals surface area contributed by atoms with E-state index in [-0.39, 0.29) is 0 Å². The third-order valence-electron chi connectivity index (χ3n) is 2.90. The average molecular weight is 266 g/mol. The van der Waals surface area contributed by atoms with E-state index in [1.54, 1.807) is 11.8 Å². The molecule has 94 valence electrons. The molecular weight excluding hydrogens is 252 g/mol. The van der Waals surface area contributed by atoms with Crippen LogP contribution >= 0.6 is 11.8 Å². The molecule has 0 amide bonds. The molecule has 0 aromatic heterocycles. The van der Waals surface area contributed by atoms with Gasteiger partial charge in [-0.1, -0.05) is 60.3 Å². The van der Waals surface area contributed by atoms with Gasteiger partial charge in [0.05, 0.1) is 0 Å². The van der Waals surface area contributed by atoms with Crippen molar-refractivity contribution in [1.29, 1.82) is 0 Å². The zero-order valence-electron chi connectivity index (χ0n) is 10.5. The zero-order valence-corrected chi connectivity index (χ0v) is 11.3. The van der Waals surface area contributed by atoms with Crippen LogP contribution in [0, 0.1) is 0 Å². The molecule has 19 heavy (non-hydrogen) atoms. The van der Waals surface area contributed by atoms with Crippen LogP contribution in [0.1, 0.15) is 0 Å². The van der Waals surface area contributed by atoms with Crippen molar-refractivity contribution >= 4 is 22.5 Å². The second kappa shape index (κ2) is 5.81. The van der Waals surface area contributed by atoms with Gasteiger partial charge in [-0.3, -0.25) is 0 Å². The highest BCUT2D eigenvalue weighted by molar-refractivity contribution is 8.05. The van der Waals surface area contributed by atoms with Crippen molar-refractivity contribution in [1.82, 2.24) is 0 Å². The fraction of sp³-hybridized carbons (Fsp3) is 0.0588. The van der Waals surface area contributed by atoms with Gasteiger partial charge in [0.15, 0.2) is 0 Å². The van der Waals surface area contributed by atoms with Crippen molar-refractivity contribution in [3.8, 4) is 5.75 Å². The Hall–Kier alpha value is -1.93. The van der Waals surface area contributed by atoms with Crippen molar-refractivity contribution < 1.29 is 4.74 Å². The number of benzene rings is 2. The molecule has 0 bridgehead atoms. The molecule has 1 heterocycles. The highest BCUT2D eigenvalue weighted by Gasteiger charge is 2.00. The van der Waals surface area contributed by atoms with E-state index >= 15 is 0 Å². The molecule has 0 radical (unpaired) electrons. The van der Waals surface area contributed by atoms with Gasteiger partial charge in [-0.15, -0.1) is 0 Å². The summed E-state index contributed by atoms with van der Waals surface area (Å²) in [5.41, 5.74) is 0. The predicted molar refractivity (Wildman–Crippen MR) is 83.4 cm³/mol. The molecule has 0 aliphatic carbocycles. The number of allylic oxidation sites excluding steroid dienone is 4. The Morgan fingerprint density at radius 3 is 2.74 bits per heavy atom. The van der Waals surface area contributed by atoms with Crippen LogP contribution in [0.3, 0.4) is 0 Å². The maximum Gasteiger partial charge on any atom is 0.120 e.